The molecular weight excluding hydrogens is 257 g/mol. The Morgan fingerprint density at radius 1 is 1.40 bits per heavy atom. The van der Waals surface area contributed by atoms with E-state index in [0.29, 0.717) is 24.6 Å². The van der Waals surface area contributed by atoms with E-state index in [1.807, 2.05) is 12.3 Å². The Balaban J connectivity index is 1.57. The number of ether oxygens (including phenoxy) is 1. The van der Waals surface area contributed by atoms with Crippen LogP contribution in [-0.4, -0.2) is 29.5 Å². The molecule has 20 heavy (non-hydrogen) atoms. The fourth-order valence-corrected chi connectivity index (χ4v) is 2.38. The number of hydrogen-bond acceptors (Lipinski definition) is 3. The van der Waals surface area contributed by atoms with Gasteiger partial charge in [0.15, 0.2) is 5.75 Å². The van der Waals surface area contributed by atoms with Gasteiger partial charge in [0, 0.05) is 18.0 Å². The van der Waals surface area contributed by atoms with Crippen molar-refractivity contribution in [3.63, 3.8) is 0 Å². The summed E-state index contributed by atoms with van der Waals surface area (Å²) in [5.41, 5.74) is 0.627. The molecule has 4 nitrogen and oxygen atoms in total. The lowest BCUT2D eigenvalue weighted by molar-refractivity contribution is 0.260. The molecule has 1 aromatic carbocycles. The van der Waals surface area contributed by atoms with E-state index in [0.717, 1.165) is 25.3 Å². The van der Waals surface area contributed by atoms with Gasteiger partial charge in [0.1, 0.15) is 5.82 Å². The summed E-state index contributed by atoms with van der Waals surface area (Å²) >= 11 is 0. The molecule has 1 unspecified atom stereocenters. The van der Waals surface area contributed by atoms with Crippen LogP contribution in [0.15, 0.2) is 36.7 Å². The Kier molecular flexibility index (Phi) is 3.97. The summed E-state index contributed by atoms with van der Waals surface area (Å²) < 4.78 is 21.0. The predicted molar refractivity (Wildman–Crippen MR) is 74.2 cm³/mol. The van der Waals surface area contributed by atoms with E-state index in [4.69, 9.17) is 4.74 Å². The van der Waals surface area contributed by atoms with Gasteiger partial charge in [0.2, 0.25) is 0 Å². The minimum Gasteiger partial charge on any atom is -0.490 e. The molecule has 1 saturated heterocycles. The second-order valence-corrected chi connectivity index (χ2v) is 5.13. The van der Waals surface area contributed by atoms with E-state index in [9.17, 15) is 4.39 Å². The highest BCUT2D eigenvalue weighted by Crippen LogP contribution is 2.15. The highest BCUT2D eigenvalue weighted by Gasteiger charge is 2.15. The fourth-order valence-electron chi connectivity index (χ4n) is 2.38. The summed E-state index contributed by atoms with van der Waals surface area (Å²) in [4.78, 5) is 0. The average molecular weight is 275 g/mol. The fraction of sp³-hybridized carbons (Fsp3) is 0.400. The highest BCUT2D eigenvalue weighted by molar-refractivity contribution is 5.19. The van der Waals surface area contributed by atoms with E-state index < -0.39 is 0 Å². The van der Waals surface area contributed by atoms with Crippen molar-refractivity contribution in [2.75, 3.05) is 19.7 Å². The number of hydrogen-bond donors (Lipinski definition) is 1. The third kappa shape index (κ3) is 3.17. The van der Waals surface area contributed by atoms with Crippen LogP contribution in [0, 0.1) is 11.7 Å². The SMILES string of the molecule is Fc1ccccc1Cn1cc(OCC2CCNC2)cn1. The maximum absolute atomic E-state index is 13.6. The molecule has 1 aliphatic rings. The van der Waals surface area contributed by atoms with Crippen molar-refractivity contribution in [3.05, 3.63) is 48.0 Å². The minimum absolute atomic E-state index is 0.206. The van der Waals surface area contributed by atoms with Crippen molar-refractivity contribution in [1.29, 1.82) is 0 Å². The number of nitrogens with zero attached hydrogens (tertiary/aromatic N) is 2. The van der Waals surface area contributed by atoms with Crippen LogP contribution < -0.4 is 10.1 Å². The average Bonchev–Trinajstić information content (AvgIpc) is 3.10. The summed E-state index contributed by atoms with van der Waals surface area (Å²) in [7, 11) is 0. The molecular formula is C15H18FN3O. The van der Waals surface area contributed by atoms with Crippen LogP contribution in [0.3, 0.4) is 0 Å². The number of nitrogens with one attached hydrogen (secondary N) is 1. The quantitative estimate of drug-likeness (QED) is 0.908. The monoisotopic (exact) mass is 275 g/mol. The zero-order chi connectivity index (χ0) is 13.8. The molecule has 1 N–H and O–H groups in total. The van der Waals surface area contributed by atoms with Crippen LogP contribution in [-0.2, 0) is 6.54 Å². The molecule has 3 rings (SSSR count). The smallest absolute Gasteiger partial charge is 0.157 e. The molecule has 0 radical (unpaired) electrons. The molecule has 0 spiro atoms. The molecule has 1 aromatic heterocycles. The maximum Gasteiger partial charge on any atom is 0.157 e. The predicted octanol–water partition coefficient (Wildman–Crippen LogP) is 2.06. The van der Waals surface area contributed by atoms with Gasteiger partial charge in [-0.3, -0.25) is 4.68 Å². The summed E-state index contributed by atoms with van der Waals surface area (Å²) in [6.07, 6.45) is 4.65. The van der Waals surface area contributed by atoms with Crippen LogP contribution >= 0.6 is 0 Å². The highest BCUT2D eigenvalue weighted by atomic mass is 19.1. The van der Waals surface area contributed by atoms with Gasteiger partial charge in [0.05, 0.1) is 25.5 Å². The van der Waals surface area contributed by atoms with E-state index in [2.05, 4.69) is 10.4 Å². The summed E-state index contributed by atoms with van der Waals surface area (Å²) in [6.45, 7) is 3.21. The first-order chi connectivity index (χ1) is 9.81. The van der Waals surface area contributed by atoms with Crippen molar-refractivity contribution >= 4 is 0 Å². The molecule has 0 bridgehead atoms. The van der Waals surface area contributed by atoms with Gasteiger partial charge in [-0.1, -0.05) is 18.2 Å². The third-order valence-electron chi connectivity index (χ3n) is 3.55. The third-order valence-corrected chi connectivity index (χ3v) is 3.55. The largest absolute Gasteiger partial charge is 0.490 e. The maximum atomic E-state index is 13.6. The molecule has 0 amide bonds. The van der Waals surface area contributed by atoms with Gasteiger partial charge >= 0.3 is 0 Å². The molecule has 1 atom stereocenters. The second kappa shape index (κ2) is 6.05. The van der Waals surface area contributed by atoms with Crippen molar-refractivity contribution in [3.8, 4) is 5.75 Å². The van der Waals surface area contributed by atoms with Crippen molar-refractivity contribution in [2.24, 2.45) is 5.92 Å². The van der Waals surface area contributed by atoms with Crippen LogP contribution in [0.4, 0.5) is 4.39 Å². The first-order valence-electron chi connectivity index (χ1n) is 6.90. The van der Waals surface area contributed by atoms with Crippen LogP contribution in [0.2, 0.25) is 0 Å². The second-order valence-electron chi connectivity index (χ2n) is 5.13. The molecule has 1 fully saturated rings. The number of aromatic nitrogens is 2. The Bertz CT molecular complexity index is 564. The van der Waals surface area contributed by atoms with E-state index in [1.165, 1.54) is 6.07 Å². The Labute approximate surface area is 117 Å². The molecule has 5 heteroatoms. The van der Waals surface area contributed by atoms with Crippen molar-refractivity contribution in [2.45, 2.75) is 13.0 Å². The number of halogens is 1. The van der Waals surface area contributed by atoms with E-state index >= 15 is 0 Å². The molecule has 0 aliphatic carbocycles. The first kappa shape index (κ1) is 13.1. The molecule has 2 heterocycles. The van der Waals surface area contributed by atoms with Gasteiger partial charge < -0.3 is 10.1 Å². The number of benzene rings is 1. The Morgan fingerprint density at radius 2 is 2.30 bits per heavy atom. The van der Waals surface area contributed by atoms with Gasteiger partial charge in [-0.15, -0.1) is 0 Å². The minimum atomic E-state index is -0.206. The van der Waals surface area contributed by atoms with Gasteiger partial charge in [-0.05, 0) is 19.0 Å². The number of rotatable bonds is 5. The van der Waals surface area contributed by atoms with Crippen LogP contribution in [0.1, 0.15) is 12.0 Å². The summed E-state index contributed by atoms with van der Waals surface area (Å²) in [5, 5.41) is 7.52. The molecule has 2 aromatic rings. The molecule has 106 valence electrons. The normalized spacial score (nSPS) is 18.4. The van der Waals surface area contributed by atoms with E-state index in [-0.39, 0.29) is 5.82 Å². The van der Waals surface area contributed by atoms with Gasteiger partial charge in [0.25, 0.3) is 0 Å². The zero-order valence-electron chi connectivity index (χ0n) is 11.3. The Hall–Kier alpha value is -1.88. The topological polar surface area (TPSA) is 39.1 Å². The zero-order valence-corrected chi connectivity index (χ0v) is 11.3. The van der Waals surface area contributed by atoms with Crippen molar-refractivity contribution in [1.82, 2.24) is 15.1 Å². The van der Waals surface area contributed by atoms with Gasteiger partial charge in [-0.25, -0.2) is 4.39 Å². The van der Waals surface area contributed by atoms with Crippen LogP contribution in [0.25, 0.3) is 0 Å². The summed E-state index contributed by atoms with van der Waals surface area (Å²) in [5.74, 6) is 1.11. The van der Waals surface area contributed by atoms with Gasteiger partial charge in [-0.2, -0.15) is 5.10 Å². The lowest BCUT2D eigenvalue weighted by atomic mass is 10.1. The summed E-state index contributed by atoms with van der Waals surface area (Å²) in [6, 6.07) is 6.74. The lowest BCUT2D eigenvalue weighted by Crippen LogP contribution is -2.15. The Morgan fingerprint density at radius 3 is 3.10 bits per heavy atom. The molecule has 0 saturated carbocycles. The molecule has 1 aliphatic heterocycles. The standard InChI is InChI=1S/C15H18FN3O/c16-15-4-2-1-3-13(15)9-19-10-14(8-18-19)20-11-12-5-6-17-7-12/h1-4,8,10,12,17H,5-7,9,11H2. The first-order valence-corrected chi connectivity index (χ1v) is 6.90. The van der Waals surface area contributed by atoms with Crippen molar-refractivity contribution < 1.29 is 9.13 Å². The van der Waals surface area contributed by atoms with E-state index in [1.54, 1.807) is 23.0 Å². The van der Waals surface area contributed by atoms with Crippen LogP contribution in [0.5, 0.6) is 5.75 Å². The lowest BCUT2D eigenvalue weighted by Gasteiger charge is -2.08.